The van der Waals surface area contributed by atoms with Crippen molar-refractivity contribution in [3.05, 3.63) is 76.5 Å². The fourth-order valence-corrected chi connectivity index (χ4v) is 6.39. The molecule has 0 saturated carbocycles. The first kappa shape index (κ1) is 34.8. The van der Waals surface area contributed by atoms with Crippen LogP contribution in [0.4, 0.5) is 19.3 Å². The highest BCUT2D eigenvalue weighted by atomic mass is 32.2. The number of aromatic nitrogens is 1. The maximum absolute atomic E-state index is 14.5. The maximum Gasteiger partial charge on any atom is 0.322 e. The number of unbranched alkanes of at least 4 members (excludes halogenated alkanes) is 2. The van der Waals surface area contributed by atoms with Gasteiger partial charge in [0.25, 0.3) is 5.91 Å². The first-order valence-corrected chi connectivity index (χ1v) is 17.2. The number of benzene rings is 2. The SMILES string of the molecule is CCCCCN(C(=O)Nc1cc(C(N)=O)c(F)cc1F)C1CCN(Cc2ccc(Oc3c(C)cc(S(C)(=O)=O)cc3C)nc2)CC1. The zero-order valence-corrected chi connectivity index (χ0v) is 27.4. The van der Waals surface area contributed by atoms with E-state index in [9.17, 15) is 26.8 Å². The highest BCUT2D eigenvalue weighted by molar-refractivity contribution is 7.90. The molecular weight excluding hydrogens is 616 g/mol. The maximum atomic E-state index is 14.5. The third-order valence-electron chi connectivity index (χ3n) is 8.10. The number of carbonyl (C=O) groups is 2. The van der Waals surface area contributed by atoms with E-state index in [0.717, 1.165) is 44.0 Å². The van der Waals surface area contributed by atoms with E-state index in [1.54, 1.807) is 43.1 Å². The van der Waals surface area contributed by atoms with Gasteiger partial charge >= 0.3 is 6.03 Å². The van der Waals surface area contributed by atoms with E-state index in [2.05, 4.69) is 22.1 Å². The summed E-state index contributed by atoms with van der Waals surface area (Å²) in [4.78, 5) is 33.6. The van der Waals surface area contributed by atoms with Crippen LogP contribution in [0.2, 0.25) is 0 Å². The Morgan fingerprint density at radius 1 is 1.07 bits per heavy atom. The summed E-state index contributed by atoms with van der Waals surface area (Å²) in [5.74, 6) is -2.16. The third-order valence-corrected chi connectivity index (χ3v) is 9.19. The Hall–Kier alpha value is -4.10. The minimum Gasteiger partial charge on any atom is -0.438 e. The molecule has 3 amide bonds. The Balaban J connectivity index is 1.37. The van der Waals surface area contributed by atoms with Crippen molar-refractivity contribution >= 4 is 27.5 Å². The molecule has 46 heavy (non-hydrogen) atoms. The van der Waals surface area contributed by atoms with E-state index in [0.29, 0.717) is 54.8 Å². The van der Waals surface area contributed by atoms with Crippen LogP contribution in [-0.4, -0.2) is 67.1 Å². The molecule has 1 aliphatic heterocycles. The molecule has 10 nitrogen and oxygen atoms in total. The molecule has 3 N–H and O–H groups in total. The monoisotopic (exact) mass is 657 g/mol. The molecule has 0 aliphatic carbocycles. The summed E-state index contributed by atoms with van der Waals surface area (Å²) < 4.78 is 58.3. The van der Waals surface area contributed by atoms with Gasteiger partial charge in [-0.2, -0.15) is 0 Å². The van der Waals surface area contributed by atoms with E-state index >= 15 is 0 Å². The van der Waals surface area contributed by atoms with Crippen molar-refractivity contribution in [1.29, 1.82) is 0 Å². The normalized spacial score (nSPS) is 14.2. The smallest absolute Gasteiger partial charge is 0.322 e. The molecule has 1 aliphatic rings. The van der Waals surface area contributed by atoms with Gasteiger partial charge in [0, 0.05) is 56.8 Å². The number of halogens is 2. The second-order valence-electron chi connectivity index (χ2n) is 11.8. The summed E-state index contributed by atoms with van der Waals surface area (Å²) in [6, 6.07) is 7.78. The molecule has 2 aromatic carbocycles. The van der Waals surface area contributed by atoms with Crippen molar-refractivity contribution in [3.63, 3.8) is 0 Å². The van der Waals surface area contributed by atoms with Gasteiger partial charge in [0.15, 0.2) is 9.84 Å². The number of pyridine rings is 1. The fraction of sp³-hybridized carbons (Fsp3) is 0.424. The quantitative estimate of drug-likeness (QED) is 0.230. The fourth-order valence-electron chi connectivity index (χ4n) is 5.61. The van der Waals surface area contributed by atoms with Gasteiger partial charge in [-0.25, -0.2) is 27.0 Å². The number of likely N-dealkylation sites (tertiary alicyclic amines) is 1. The average Bonchev–Trinajstić information content (AvgIpc) is 2.99. The van der Waals surface area contributed by atoms with E-state index in [1.165, 1.54) is 6.26 Å². The van der Waals surface area contributed by atoms with Crippen molar-refractivity contribution < 1.29 is 31.5 Å². The highest BCUT2D eigenvalue weighted by Crippen LogP contribution is 2.31. The predicted octanol–water partition coefficient (Wildman–Crippen LogP) is 5.96. The largest absolute Gasteiger partial charge is 0.438 e. The van der Waals surface area contributed by atoms with Crippen LogP contribution in [0.3, 0.4) is 0 Å². The van der Waals surface area contributed by atoms with Gasteiger partial charge in [-0.1, -0.05) is 25.8 Å². The molecule has 13 heteroatoms. The average molecular weight is 658 g/mol. The summed E-state index contributed by atoms with van der Waals surface area (Å²) in [6.07, 6.45) is 7.00. The number of sulfone groups is 1. The number of hydrogen-bond acceptors (Lipinski definition) is 7. The van der Waals surface area contributed by atoms with Crippen molar-refractivity contribution in [2.24, 2.45) is 5.73 Å². The van der Waals surface area contributed by atoms with Crippen molar-refractivity contribution in [1.82, 2.24) is 14.8 Å². The number of nitrogens with one attached hydrogen (secondary N) is 1. The van der Waals surface area contributed by atoms with Crippen LogP contribution in [0.25, 0.3) is 0 Å². The van der Waals surface area contributed by atoms with Gasteiger partial charge in [0.1, 0.15) is 17.4 Å². The van der Waals surface area contributed by atoms with Crippen LogP contribution < -0.4 is 15.8 Å². The van der Waals surface area contributed by atoms with E-state index < -0.39 is 39.0 Å². The van der Waals surface area contributed by atoms with E-state index in [4.69, 9.17) is 10.5 Å². The molecule has 1 fully saturated rings. The van der Waals surface area contributed by atoms with Crippen LogP contribution in [-0.2, 0) is 16.4 Å². The Labute approximate surface area is 268 Å². The van der Waals surface area contributed by atoms with Gasteiger partial charge in [-0.15, -0.1) is 0 Å². The lowest BCUT2D eigenvalue weighted by molar-refractivity contribution is 0.0996. The molecule has 0 radical (unpaired) electrons. The van der Waals surface area contributed by atoms with Gasteiger partial charge < -0.3 is 20.7 Å². The number of piperidine rings is 1. The lowest BCUT2D eigenvalue weighted by Crippen LogP contribution is -2.49. The van der Waals surface area contributed by atoms with Crippen LogP contribution in [0.5, 0.6) is 11.6 Å². The van der Waals surface area contributed by atoms with Gasteiger partial charge in [0.2, 0.25) is 5.88 Å². The number of rotatable bonds is 12. The number of urea groups is 1. The molecular formula is C33H41F2N5O5S. The van der Waals surface area contributed by atoms with Gasteiger partial charge in [-0.3, -0.25) is 9.69 Å². The standard InChI is InChI=1S/C33H41F2N5O5S/c1-5-6-7-12-40(33(42)38-29-17-26(32(36)41)27(34)18-28(29)35)24-10-13-39(14-11-24)20-23-8-9-30(37-19-23)45-31-21(2)15-25(16-22(31)3)46(4,43)44/h8-9,15-19,24H,5-7,10-14,20H2,1-4H3,(H2,36,41)(H,38,42). The molecule has 0 spiro atoms. The Kier molecular flexibility index (Phi) is 11.3. The molecule has 3 aromatic rings. The highest BCUT2D eigenvalue weighted by Gasteiger charge is 2.29. The van der Waals surface area contributed by atoms with Crippen LogP contribution in [0.1, 0.15) is 66.1 Å². The predicted molar refractivity (Wildman–Crippen MR) is 172 cm³/mol. The van der Waals surface area contributed by atoms with Gasteiger partial charge in [0.05, 0.1) is 16.1 Å². The first-order valence-electron chi connectivity index (χ1n) is 15.3. The first-order chi connectivity index (χ1) is 21.8. The molecule has 0 bridgehead atoms. The number of ether oxygens (including phenoxy) is 1. The number of primary amides is 1. The molecule has 0 atom stereocenters. The summed E-state index contributed by atoms with van der Waals surface area (Å²) in [5, 5.41) is 2.52. The van der Waals surface area contributed by atoms with Crippen molar-refractivity contribution in [2.75, 3.05) is 31.2 Å². The van der Waals surface area contributed by atoms with Crippen LogP contribution in [0.15, 0.2) is 47.5 Å². The van der Waals surface area contributed by atoms with Gasteiger partial charge in [-0.05, 0) is 68.0 Å². The third kappa shape index (κ3) is 8.79. The second-order valence-corrected chi connectivity index (χ2v) is 13.8. The number of anilines is 1. The lowest BCUT2D eigenvalue weighted by atomic mass is 10.0. The van der Waals surface area contributed by atoms with Crippen molar-refractivity contribution in [2.45, 2.75) is 70.4 Å². The molecule has 1 saturated heterocycles. The zero-order valence-electron chi connectivity index (χ0n) is 26.6. The molecule has 2 heterocycles. The van der Waals surface area contributed by atoms with Crippen LogP contribution >= 0.6 is 0 Å². The summed E-state index contributed by atoms with van der Waals surface area (Å²) in [5.41, 5.74) is 6.79. The molecule has 4 rings (SSSR count). The Morgan fingerprint density at radius 3 is 2.30 bits per heavy atom. The number of aryl methyl sites for hydroxylation is 2. The summed E-state index contributed by atoms with van der Waals surface area (Å²) in [6.45, 7) is 8.24. The number of nitrogens with two attached hydrogens (primary N) is 1. The molecule has 248 valence electrons. The minimum absolute atomic E-state index is 0.0818. The Morgan fingerprint density at radius 2 is 1.74 bits per heavy atom. The number of carbonyl (C=O) groups excluding carboxylic acids is 2. The molecule has 1 aromatic heterocycles. The Bertz CT molecular complexity index is 1650. The number of hydrogen-bond donors (Lipinski definition) is 2. The van der Waals surface area contributed by atoms with E-state index in [1.807, 2.05) is 6.07 Å². The summed E-state index contributed by atoms with van der Waals surface area (Å²) >= 11 is 0. The van der Waals surface area contributed by atoms with E-state index in [-0.39, 0.29) is 16.6 Å². The topological polar surface area (TPSA) is 135 Å². The number of amides is 3. The van der Waals surface area contributed by atoms with Crippen molar-refractivity contribution in [3.8, 4) is 11.6 Å². The zero-order chi connectivity index (χ0) is 33.6. The second kappa shape index (κ2) is 15.0. The van der Waals surface area contributed by atoms with Crippen LogP contribution in [0, 0.1) is 25.5 Å². The number of nitrogens with zero attached hydrogens (tertiary/aromatic N) is 3. The lowest BCUT2D eigenvalue weighted by Gasteiger charge is -2.38. The summed E-state index contributed by atoms with van der Waals surface area (Å²) in [7, 11) is -3.33. The molecule has 0 unspecified atom stereocenters. The minimum atomic E-state index is -3.33.